The fourth-order valence-corrected chi connectivity index (χ4v) is 1.61. The molecule has 1 saturated heterocycles. The Morgan fingerprint density at radius 1 is 1.45 bits per heavy atom. The Morgan fingerprint density at radius 2 is 2.00 bits per heavy atom. The third-order valence-electron chi connectivity index (χ3n) is 2.64. The van der Waals surface area contributed by atoms with Crippen molar-refractivity contribution < 1.29 is 4.84 Å². The molecule has 1 fully saturated rings. The van der Waals surface area contributed by atoms with Crippen LogP contribution in [-0.2, 0) is 4.84 Å². The summed E-state index contributed by atoms with van der Waals surface area (Å²) < 4.78 is 0. The molecule has 11 heavy (non-hydrogen) atoms. The summed E-state index contributed by atoms with van der Waals surface area (Å²) in [6.45, 7) is 4.41. The summed E-state index contributed by atoms with van der Waals surface area (Å²) in [5.74, 6) is 5.79. The average molecular weight is 158 g/mol. The number of nitrogens with two attached hydrogens (primary N) is 1. The highest BCUT2D eigenvalue weighted by atomic mass is 16.6. The maximum Gasteiger partial charge on any atom is 0.0788 e. The van der Waals surface area contributed by atoms with Gasteiger partial charge in [0.25, 0.3) is 0 Å². The molecule has 0 aromatic rings. The lowest BCUT2D eigenvalue weighted by Gasteiger charge is -2.31. The van der Waals surface area contributed by atoms with Crippen molar-refractivity contribution in [2.75, 3.05) is 20.1 Å². The number of nitrogens with zero attached hydrogens (tertiary/aromatic N) is 1. The number of hydrogen-bond donors (Lipinski definition) is 1. The Labute approximate surface area is 68.5 Å². The quantitative estimate of drug-likeness (QED) is 0.598. The molecule has 1 atom stereocenters. The third kappa shape index (κ3) is 2.43. The number of hydrogen-bond acceptors (Lipinski definition) is 3. The lowest BCUT2D eigenvalue weighted by atomic mass is 9.92. The first-order valence-electron chi connectivity index (χ1n) is 4.28. The predicted octanol–water partition coefficient (Wildman–Crippen LogP) is 0.607. The van der Waals surface area contributed by atoms with E-state index in [9.17, 15) is 0 Å². The summed E-state index contributed by atoms with van der Waals surface area (Å²) in [6, 6.07) is 0. The second-order valence-electron chi connectivity index (χ2n) is 3.48. The van der Waals surface area contributed by atoms with Crippen molar-refractivity contribution in [2.24, 2.45) is 11.8 Å². The summed E-state index contributed by atoms with van der Waals surface area (Å²) >= 11 is 0. The van der Waals surface area contributed by atoms with Crippen molar-refractivity contribution in [3.05, 3.63) is 0 Å². The van der Waals surface area contributed by atoms with E-state index in [1.807, 2.05) is 0 Å². The molecule has 1 rings (SSSR count). The van der Waals surface area contributed by atoms with Crippen molar-refractivity contribution in [1.29, 1.82) is 0 Å². The monoisotopic (exact) mass is 158 g/mol. The molecule has 0 amide bonds. The van der Waals surface area contributed by atoms with Gasteiger partial charge in [-0.05, 0) is 45.8 Å². The molecule has 1 unspecified atom stereocenters. The van der Waals surface area contributed by atoms with Crippen LogP contribution in [0.5, 0.6) is 0 Å². The topological polar surface area (TPSA) is 38.5 Å². The largest absolute Gasteiger partial charge is 0.306 e. The fraction of sp³-hybridized carbons (Fsp3) is 1.00. The van der Waals surface area contributed by atoms with Gasteiger partial charge in [0, 0.05) is 0 Å². The molecule has 0 radical (unpaired) electrons. The summed E-state index contributed by atoms with van der Waals surface area (Å²) in [5.41, 5.74) is 0. The molecule has 0 spiro atoms. The first-order chi connectivity index (χ1) is 5.24. The fourth-order valence-electron chi connectivity index (χ4n) is 1.61. The molecule has 1 aliphatic rings. The molecule has 1 aliphatic heterocycles. The van der Waals surface area contributed by atoms with Gasteiger partial charge in [0.05, 0.1) is 6.10 Å². The van der Waals surface area contributed by atoms with Gasteiger partial charge in [-0.15, -0.1) is 0 Å². The highest BCUT2D eigenvalue weighted by Crippen LogP contribution is 2.20. The van der Waals surface area contributed by atoms with Crippen molar-refractivity contribution in [3.8, 4) is 0 Å². The highest BCUT2D eigenvalue weighted by Gasteiger charge is 2.21. The minimum Gasteiger partial charge on any atom is -0.306 e. The summed E-state index contributed by atoms with van der Waals surface area (Å²) in [4.78, 5) is 7.15. The SMILES string of the molecule is CC(ON)C1CCN(C)CC1. The lowest BCUT2D eigenvalue weighted by molar-refractivity contribution is 0.00371. The van der Waals surface area contributed by atoms with E-state index in [0.29, 0.717) is 5.92 Å². The van der Waals surface area contributed by atoms with E-state index in [1.54, 1.807) is 0 Å². The number of piperidine rings is 1. The molecule has 66 valence electrons. The maximum atomic E-state index is 5.12. The van der Waals surface area contributed by atoms with E-state index in [1.165, 1.54) is 25.9 Å². The van der Waals surface area contributed by atoms with E-state index < -0.39 is 0 Å². The van der Waals surface area contributed by atoms with Crippen LogP contribution in [0.3, 0.4) is 0 Å². The molecule has 1 heterocycles. The van der Waals surface area contributed by atoms with Crippen molar-refractivity contribution >= 4 is 0 Å². The average Bonchev–Trinajstić information content (AvgIpc) is 2.05. The van der Waals surface area contributed by atoms with Crippen LogP contribution in [0.25, 0.3) is 0 Å². The van der Waals surface area contributed by atoms with Gasteiger partial charge < -0.3 is 9.74 Å². The van der Waals surface area contributed by atoms with Gasteiger partial charge >= 0.3 is 0 Å². The van der Waals surface area contributed by atoms with Crippen LogP contribution in [0.15, 0.2) is 0 Å². The zero-order valence-corrected chi connectivity index (χ0v) is 7.42. The molecular formula is C8H18N2O. The molecule has 0 aromatic carbocycles. The van der Waals surface area contributed by atoms with Crippen LogP contribution in [0.2, 0.25) is 0 Å². The Hall–Kier alpha value is -0.120. The summed E-state index contributed by atoms with van der Waals surface area (Å²) in [5, 5.41) is 0. The van der Waals surface area contributed by atoms with Crippen molar-refractivity contribution in [1.82, 2.24) is 4.90 Å². The molecule has 3 heteroatoms. The molecule has 0 aliphatic carbocycles. The number of rotatable bonds is 2. The maximum absolute atomic E-state index is 5.12. The van der Waals surface area contributed by atoms with Gasteiger partial charge in [0.15, 0.2) is 0 Å². The molecular weight excluding hydrogens is 140 g/mol. The second-order valence-corrected chi connectivity index (χ2v) is 3.48. The van der Waals surface area contributed by atoms with E-state index in [-0.39, 0.29) is 6.10 Å². The molecule has 0 aromatic heterocycles. The minimum absolute atomic E-state index is 0.226. The van der Waals surface area contributed by atoms with Gasteiger partial charge in [-0.25, -0.2) is 5.90 Å². The zero-order chi connectivity index (χ0) is 8.27. The predicted molar refractivity (Wildman–Crippen MR) is 45.0 cm³/mol. The first kappa shape index (κ1) is 8.97. The van der Waals surface area contributed by atoms with Crippen LogP contribution in [0.1, 0.15) is 19.8 Å². The Morgan fingerprint density at radius 3 is 2.45 bits per heavy atom. The van der Waals surface area contributed by atoms with E-state index >= 15 is 0 Å². The van der Waals surface area contributed by atoms with E-state index in [4.69, 9.17) is 10.7 Å². The normalized spacial score (nSPS) is 25.4. The Bertz CT molecular complexity index is 111. The minimum atomic E-state index is 0.226. The zero-order valence-electron chi connectivity index (χ0n) is 7.42. The van der Waals surface area contributed by atoms with Crippen LogP contribution in [0.4, 0.5) is 0 Å². The van der Waals surface area contributed by atoms with Crippen LogP contribution in [-0.4, -0.2) is 31.1 Å². The van der Waals surface area contributed by atoms with Gasteiger partial charge in [0.2, 0.25) is 0 Å². The second kappa shape index (κ2) is 4.04. The molecule has 0 saturated carbocycles. The Balaban J connectivity index is 2.27. The molecule has 3 nitrogen and oxygen atoms in total. The molecule has 2 N–H and O–H groups in total. The van der Waals surface area contributed by atoms with Crippen LogP contribution < -0.4 is 5.90 Å². The van der Waals surface area contributed by atoms with Crippen molar-refractivity contribution in [3.63, 3.8) is 0 Å². The molecule has 0 bridgehead atoms. The van der Waals surface area contributed by atoms with E-state index in [0.717, 1.165) is 0 Å². The summed E-state index contributed by atoms with van der Waals surface area (Å²) in [6.07, 6.45) is 2.66. The van der Waals surface area contributed by atoms with Gasteiger partial charge in [-0.1, -0.05) is 0 Å². The highest BCUT2D eigenvalue weighted by molar-refractivity contribution is 4.73. The smallest absolute Gasteiger partial charge is 0.0788 e. The first-order valence-corrected chi connectivity index (χ1v) is 4.28. The van der Waals surface area contributed by atoms with Crippen LogP contribution in [0, 0.1) is 5.92 Å². The van der Waals surface area contributed by atoms with Crippen molar-refractivity contribution in [2.45, 2.75) is 25.9 Å². The standard InChI is InChI=1S/C8H18N2O/c1-7(11-9)8-3-5-10(2)6-4-8/h7-8H,3-6,9H2,1-2H3. The summed E-state index contributed by atoms with van der Waals surface area (Å²) in [7, 11) is 2.16. The van der Waals surface area contributed by atoms with E-state index in [2.05, 4.69) is 18.9 Å². The van der Waals surface area contributed by atoms with Crippen LogP contribution >= 0.6 is 0 Å². The number of likely N-dealkylation sites (tertiary alicyclic amines) is 1. The van der Waals surface area contributed by atoms with Gasteiger partial charge in [0.1, 0.15) is 0 Å². The van der Waals surface area contributed by atoms with Gasteiger partial charge in [-0.3, -0.25) is 0 Å². The van der Waals surface area contributed by atoms with Gasteiger partial charge in [-0.2, -0.15) is 0 Å². The third-order valence-corrected chi connectivity index (χ3v) is 2.64. The Kier molecular flexibility index (Phi) is 3.30. The lowest BCUT2D eigenvalue weighted by Crippen LogP contribution is -2.36.